The van der Waals surface area contributed by atoms with E-state index in [1.807, 2.05) is 53.4 Å². The second kappa shape index (κ2) is 25.1. The summed E-state index contributed by atoms with van der Waals surface area (Å²) in [6.07, 6.45) is 8.87. The van der Waals surface area contributed by atoms with Crippen molar-refractivity contribution in [2.24, 2.45) is 0 Å². The molecule has 1 aliphatic heterocycles. The van der Waals surface area contributed by atoms with Crippen molar-refractivity contribution in [2.75, 3.05) is 4.90 Å². The predicted octanol–water partition coefficient (Wildman–Crippen LogP) is 10.9. The number of rotatable bonds is 14. The SMILES string of the molecule is N=C(/C=C(\[NH-])c1cc(N2c3ccccc3Oc3ccccc32)ccn1)C(F)(F)F.O=CO/C=C/c1ccnc(-c2cc(/C=C/OC=O)cc(-c3cc(/C=C/OC=O)ccn3)n2)c1.[N-]=C=S.[Ru+2]. The molecule has 15 nitrogen and oxygen atoms in total. The van der Waals surface area contributed by atoms with Crippen LogP contribution in [-0.4, -0.2) is 56.4 Å². The van der Waals surface area contributed by atoms with Crippen molar-refractivity contribution < 1.29 is 66.0 Å². The number of thiocarbonyl (C=S) groups is 1. The Bertz CT molecular complexity index is 2710. The van der Waals surface area contributed by atoms with Gasteiger partial charge in [-0.1, -0.05) is 36.5 Å². The molecule has 0 saturated carbocycles. The van der Waals surface area contributed by atoms with Gasteiger partial charge < -0.3 is 35.0 Å². The summed E-state index contributed by atoms with van der Waals surface area (Å²) >= 11 is 3.70. The number of aromatic nitrogens is 4. The second-order valence-electron chi connectivity index (χ2n) is 12.6. The van der Waals surface area contributed by atoms with E-state index in [1.54, 1.807) is 73.1 Å². The van der Waals surface area contributed by atoms with E-state index in [-0.39, 0.29) is 25.2 Å². The molecule has 0 spiro atoms. The molecule has 7 rings (SSSR count). The molecule has 4 aromatic heterocycles. The summed E-state index contributed by atoms with van der Waals surface area (Å²) in [5.41, 5.74) is 12.4. The quantitative estimate of drug-likeness (QED) is 0.0268. The van der Waals surface area contributed by atoms with Gasteiger partial charge >= 0.3 is 25.7 Å². The number of carbonyl (C=O) groups is 3. The molecule has 0 unspecified atom stereocenters. The number of para-hydroxylation sites is 4. The van der Waals surface area contributed by atoms with Gasteiger partial charge in [-0.2, -0.15) is 18.3 Å². The van der Waals surface area contributed by atoms with E-state index in [4.69, 9.17) is 21.3 Å². The third-order valence-corrected chi connectivity index (χ3v) is 8.43. The Kier molecular flexibility index (Phi) is 19.1. The molecule has 20 heteroatoms. The molecule has 332 valence electrons. The zero-order chi connectivity index (χ0) is 46.6. The van der Waals surface area contributed by atoms with Crippen molar-refractivity contribution in [2.45, 2.75) is 6.18 Å². The number of nitrogens with zero attached hydrogens (tertiary/aromatic N) is 6. The molecule has 0 fully saturated rings. The smallest absolute Gasteiger partial charge is 0.753 e. The number of hydrogen-bond acceptors (Lipinski definition) is 14. The van der Waals surface area contributed by atoms with Gasteiger partial charge in [0, 0.05) is 24.3 Å². The maximum Gasteiger partial charge on any atom is 2.00 e. The van der Waals surface area contributed by atoms with Gasteiger partial charge in [-0.25, -0.2) is 4.98 Å². The van der Waals surface area contributed by atoms with Gasteiger partial charge in [-0.3, -0.25) is 34.7 Å². The molecule has 1 aliphatic rings. The summed E-state index contributed by atoms with van der Waals surface area (Å²) < 4.78 is 57.7. The van der Waals surface area contributed by atoms with E-state index in [1.165, 1.54) is 36.2 Å². The molecule has 5 heterocycles. The first-order chi connectivity index (χ1) is 31.5. The minimum atomic E-state index is -4.81. The summed E-state index contributed by atoms with van der Waals surface area (Å²) in [7, 11) is 0. The summed E-state index contributed by atoms with van der Waals surface area (Å²) in [6.45, 7) is 0.965. The molecule has 0 radical (unpaired) electrons. The summed E-state index contributed by atoms with van der Waals surface area (Å²) in [5.74, 6) is 1.26. The largest absolute Gasteiger partial charge is 2.00 e. The van der Waals surface area contributed by atoms with E-state index < -0.39 is 17.6 Å². The standard InChI is InChI=1S/C24H17N3O6.C21H14F3N4O.CNS.Ru/c28-15-31-8-3-18-1-6-25-21(11-18)23-13-20(5-10-33-17-30)14-24(27-23)22-12-19(2-7-26-22)4-9-32-16-29;22-21(23,24)20(26)12-14(25)15-11-13(9-10-27-15)28-16-5-1-3-7-18(16)29-19-8-4-2-6-17(19)28;2-1-3;/h1-17H;1-12,25-26H;;/q;2*-1;+2/b8-3+,9-4+,10-5+;14-12-,26-20?;;. The first-order valence-corrected chi connectivity index (χ1v) is 18.8. The van der Waals surface area contributed by atoms with Crippen LogP contribution in [0.4, 0.5) is 30.2 Å². The monoisotopic (exact) mass is 998 g/mol. The Morgan fingerprint density at radius 1 is 0.697 bits per heavy atom. The molecule has 0 bridgehead atoms. The zero-order valence-electron chi connectivity index (χ0n) is 33.7. The first kappa shape index (κ1) is 50.3. The molecule has 2 N–H and O–H groups in total. The van der Waals surface area contributed by atoms with Gasteiger partial charge in [0.1, 0.15) is 5.71 Å². The number of halogens is 3. The van der Waals surface area contributed by atoms with Crippen molar-refractivity contribution in [3.8, 4) is 34.3 Å². The third kappa shape index (κ3) is 14.1. The molecular weight excluding hydrogens is 967 g/mol. The Morgan fingerprint density at radius 2 is 1.14 bits per heavy atom. The molecule has 0 aliphatic carbocycles. The van der Waals surface area contributed by atoms with Crippen LogP contribution in [0.3, 0.4) is 0 Å². The van der Waals surface area contributed by atoms with Crippen LogP contribution in [-0.2, 0) is 48.1 Å². The molecule has 0 amide bonds. The van der Waals surface area contributed by atoms with Crippen LogP contribution < -0.4 is 9.64 Å². The predicted molar refractivity (Wildman–Crippen MR) is 240 cm³/mol. The number of ether oxygens (including phenoxy) is 4. The maximum absolute atomic E-state index is 12.6. The number of carbonyl (C=O) groups excluding carboxylic acids is 3. The fourth-order valence-corrected chi connectivity index (χ4v) is 5.73. The van der Waals surface area contributed by atoms with E-state index >= 15 is 0 Å². The fraction of sp³-hybridized carbons (Fsp3) is 0.0217. The van der Waals surface area contributed by atoms with Crippen LogP contribution >= 0.6 is 12.2 Å². The normalized spacial score (nSPS) is 11.5. The van der Waals surface area contributed by atoms with Crippen molar-refractivity contribution in [1.29, 1.82) is 5.41 Å². The molecule has 6 aromatic rings. The van der Waals surface area contributed by atoms with Gasteiger partial charge in [0.25, 0.3) is 19.4 Å². The van der Waals surface area contributed by atoms with Crippen LogP contribution in [0, 0.1) is 5.41 Å². The Hall–Kier alpha value is -8.31. The number of nitrogens with one attached hydrogen (secondary N) is 2. The number of alkyl halides is 3. The van der Waals surface area contributed by atoms with Gasteiger partial charge in [0.2, 0.25) is 0 Å². The molecular formula is C46H31F3N8O7RuS. The maximum atomic E-state index is 12.6. The number of anilines is 3. The first-order valence-electron chi connectivity index (χ1n) is 18.4. The summed E-state index contributed by atoms with van der Waals surface area (Å²) in [6, 6.07) is 28.6. The van der Waals surface area contributed by atoms with Gasteiger partial charge in [0.05, 0.1) is 58.6 Å². The zero-order valence-corrected chi connectivity index (χ0v) is 36.2. The average molecular weight is 998 g/mol. The van der Waals surface area contributed by atoms with Crippen molar-refractivity contribution in [3.63, 3.8) is 0 Å². The van der Waals surface area contributed by atoms with Crippen LogP contribution in [0.15, 0.2) is 141 Å². The number of pyridine rings is 4. The van der Waals surface area contributed by atoms with Gasteiger partial charge in [-0.15, -0.1) is 5.70 Å². The summed E-state index contributed by atoms with van der Waals surface area (Å²) in [5, 5.41) is 15.6. The minimum Gasteiger partial charge on any atom is -0.753 e. The van der Waals surface area contributed by atoms with E-state index in [9.17, 15) is 27.6 Å². The van der Waals surface area contributed by atoms with Crippen molar-refractivity contribution >= 4 is 83.5 Å². The number of allylic oxidation sites excluding steroid dienone is 1. The van der Waals surface area contributed by atoms with Crippen LogP contribution in [0.5, 0.6) is 11.5 Å². The Labute approximate surface area is 392 Å². The molecule has 66 heavy (non-hydrogen) atoms. The topological polar surface area (TPSA) is 213 Å². The fourth-order valence-electron chi connectivity index (χ4n) is 5.73. The number of benzene rings is 2. The Morgan fingerprint density at radius 3 is 1.61 bits per heavy atom. The van der Waals surface area contributed by atoms with Crippen LogP contribution in [0.2, 0.25) is 0 Å². The number of fused-ring (bicyclic) bond motifs is 2. The Balaban J connectivity index is 0.000000270. The van der Waals surface area contributed by atoms with E-state index in [0.717, 1.165) is 22.5 Å². The molecule has 2 aromatic carbocycles. The minimum absolute atomic E-state index is 0. The third-order valence-electron chi connectivity index (χ3n) is 8.43. The summed E-state index contributed by atoms with van der Waals surface area (Å²) in [4.78, 5) is 50.5. The van der Waals surface area contributed by atoms with Crippen molar-refractivity contribution in [1.82, 2.24) is 19.9 Å². The van der Waals surface area contributed by atoms with Gasteiger partial charge in [0.15, 0.2) is 11.5 Å². The van der Waals surface area contributed by atoms with Crippen molar-refractivity contribution in [3.05, 3.63) is 174 Å². The molecule has 0 saturated heterocycles. The van der Waals surface area contributed by atoms with Gasteiger partial charge in [-0.05, 0) is 114 Å². The van der Waals surface area contributed by atoms with Crippen LogP contribution in [0.25, 0.3) is 57.8 Å². The van der Waals surface area contributed by atoms with E-state index in [2.05, 4.69) is 46.4 Å². The average Bonchev–Trinajstić information content (AvgIpc) is 3.31. The van der Waals surface area contributed by atoms with Crippen LogP contribution in [0.1, 0.15) is 22.4 Å². The number of hydrogen-bond donors (Lipinski definition) is 1. The molecule has 0 atom stereocenters. The van der Waals surface area contributed by atoms with E-state index in [0.29, 0.717) is 71.0 Å². The second-order valence-corrected chi connectivity index (χ2v) is 12.7. The number of isothiocyanates is 1.